The van der Waals surface area contributed by atoms with Crippen molar-refractivity contribution in [3.05, 3.63) is 106 Å². The van der Waals surface area contributed by atoms with E-state index in [1.807, 2.05) is 66.7 Å². The summed E-state index contributed by atoms with van der Waals surface area (Å²) in [6, 6.07) is 24.5. The molecule has 0 spiro atoms. The number of carbonyl (C=O) groups excluding carboxylic acids is 2. The van der Waals surface area contributed by atoms with Crippen LogP contribution in [-0.4, -0.2) is 29.8 Å². The lowest BCUT2D eigenvalue weighted by molar-refractivity contribution is -0.140. The lowest BCUT2D eigenvalue weighted by Gasteiger charge is -2.30. The molecule has 0 aliphatic carbocycles. The van der Waals surface area contributed by atoms with Crippen LogP contribution >= 0.6 is 23.2 Å². The van der Waals surface area contributed by atoms with Crippen LogP contribution in [0, 0.1) is 0 Å². The number of benzene rings is 3. The molecular weight excluding hydrogens is 443 g/mol. The summed E-state index contributed by atoms with van der Waals surface area (Å²) in [5.41, 5.74) is 2.91. The monoisotopic (exact) mass is 468 g/mol. The van der Waals surface area contributed by atoms with E-state index >= 15 is 0 Å². The van der Waals surface area contributed by atoms with Gasteiger partial charge in [-0.25, -0.2) is 0 Å². The van der Waals surface area contributed by atoms with Gasteiger partial charge in [0.05, 0.1) is 10.0 Å². The van der Waals surface area contributed by atoms with Crippen molar-refractivity contribution < 1.29 is 9.59 Å². The molecule has 3 aromatic rings. The highest BCUT2D eigenvalue weighted by molar-refractivity contribution is 6.42. The molecule has 2 amide bonds. The van der Waals surface area contributed by atoms with Crippen molar-refractivity contribution in [3.63, 3.8) is 0 Å². The Hall–Kier alpha value is -2.82. The fourth-order valence-electron chi connectivity index (χ4n) is 3.72. The van der Waals surface area contributed by atoms with E-state index in [2.05, 4.69) is 5.32 Å². The molecule has 0 aliphatic heterocycles. The lowest BCUT2D eigenvalue weighted by Crippen LogP contribution is -2.47. The van der Waals surface area contributed by atoms with Gasteiger partial charge in [0.25, 0.3) is 0 Å². The van der Waals surface area contributed by atoms with E-state index in [0.717, 1.165) is 16.7 Å². The first-order chi connectivity index (χ1) is 15.4. The summed E-state index contributed by atoms with van der Waals surface area (Å²) in [5, 5.41) is 3.50. The molecule has 0 aromatic heterocycles. The van der Waals surface area contributed by atoms with Gasteiger partial charge in [0, 0.05) is 25.9 Å². The summed E-state index contributed by atoms with van der Waals surface area (Å²) in [6.07, 6.45) is 0.233. The number of halogens is 2. The standard InChI is InChI=1S/C26H26Cl2N2O2/c1-18(26(32)29-2)30(17-19-13-14-23(27)24(28)15-19)25(31)16-22(20-9-5-3-6-10-20)21-11-7-4-8-12-21/h3-15,18,22H,16-17H2,1-2H3,(H,29,32)/t18-/m0/s1. The summed E-state index contributed by atoms with van der Waals surface area (Å²) in [6.45, 7) is 1.98. The van der Waals surface area contributed by atoms with Gasteiger partial charge in [-0.05, 0) is 35.7 Å². The van der Waals surface area contributed by atoms with E-state index in [1.54, 1.807) is 31.0 Å². The molecule has 3 rings (SSSR count). The van der Waals surface area contributed by atoms with Crippen molar-refractivity contribution in [3.8, 4) is 0 Å². The van der Waals surface area contributed by atoms with Crippen LogP contribution in [0.3, 0.4) is 0 Å². The third kappa shape index (κ3) is 5.90. The fraction of sp³-hybridized carbons (Fsp3) is 0.231. The van der Waals surface area contributed by atoms with Gasteiger partial charge in [0.1, 0.15) is 6.04 Å². The van der Waals surface area contributed by atoms with Gasteiger partial charge >= 0.3 is 0 Å². The number of carbonyl (C=O) groups is 2. The maximum Gasteiger partial charge on any atom is 0.242 e. The normalized spacial score (nSPS) is 11.8. The van der Waals surface area contributed by atoms with Crippen LogP contribution in [0.4, 0.5) is 0 Å². The molecule has 4 nitrogen and oxygen atoms in total. The van der Waals surface area contributed by atoms with Crippen molar-refractivity contribution in [2.75, 3.05) is 7.05 Å². The molecule has 0 radical (unpaired) electrons. The average Bonchev–Trinajstić information content (AvgIpc) is 2.83. The Balaban J connectivity index is 1.92. The van der Waals surface area contributed by atoms with Crippen molar-refractivity contribution in [1.29, 1.82) is 0 Å². The topological polar surface area (TPSA) is 49.4 Å². The average molecular weight is 469 g/mol. The first kappa shape index (κ1) is 23.8. The number of hydrogen-bond acceptors (Lipinski definition) is 2. The van der Waals surface area contributed by atoms with Crippen LogP contribution in [0.1, 0.15) is 36.0 Å². The maximum absolute atomic E-state index is 13.6. The van der Waals surface area contributed by atoms with Crippen molar-refractivity contribution >= 4 is 35.0 Å². The summed E-state index contributed by atoms with van der Waals surface area (Å²) >= 11 is 12.2. The summed E-state index contributed by atoms with van der Waals surface area (Å²) in [5.74, 6) is -0.475. The molecule has 32 heavy (non-hydrogen) atoms. The van der Waals surface area contributed by atoms with Gasteiger partial charge in [-0.2, -0.15) is 0 Å². The highest BCUT2D eigenvalue weighted by Gasteiger charge is 2.28. The minimum atomic E-state index is -0.644. The number of amides is 2. The number of likely N-dealkylation sites (N-methyl/N-ethyl adjacent to an activating group) is 1. The van der Waals surface area contributed by atoms with E-state index in [1.165, 1.54) is 0 Å². The highest BCUT2D eigenvalue weighted by atomic mass is 35.5. The van der Waals surface area contributed by atoms with E-state index in [0.29, 0.717) is 10.0 Å². The van der Waals surface area contributed by atoms with Crippen LogP contribution in [0.2, 0.25) is 10.0 Å². The van der Waals surface area contributed by atoms with Gasteiger partial charge < -0.3 is 10.2 Å². The zero-order valence-electron chi connectivity index (χ0n) is 18.1. The molecule has 0 unspecified atom stereocenters. The first-order valence-electron chi connectivity index (χ1n) is 10.5. The van der Waals surface area contributed by atoms with Crippen LogP contribution in [0.25, 0.3) is 0 Å². The summed E-state index contributed by atoms with van der Waals surface area (Å²) < 4.78 is 0. The smallest absolute Gasteiger partial charge is 0.242 e. The van der Waals surface area contributed by atoms with Gasteiger partial charge in [-0.15, -0.1) is 0 Å². The van der Waals surface area contributed by atoms with Crippen LogP contribution in [0.15, 0.2) is 78.9 Å². The van der Waals surface area contributed by atoms with Gasteiger partial charge in [0.2, 0.25) is 11.8 Å². The Kier molecular flexibility index (Phi) is 8.32. The van der Waals surface area contributed by atoms with E-state index in [-0.39, 0.29) is 30.7 Å². The van der Waals surface area contributed by atoms with E-state index in [4.69, 9.17) is 23.2 Å². The van der Waals surface area contributed by atoms with E-state index < -0.39 is 6.04 Å². The Morgan fingerprint density at radius 2 is 1.44 bits per heavy atom. The Labute approximate surface area is 199 Å². The predicted octanol–water partition coefficient (Wildman–Crippen LogP) is 5.68. The van der Waals surface area contributed by atoms with Gasteiger partial charge in [0.15, 0.2) is 0 Å². The molecule has 0 saturated heterocycles. The Morgan fingerprint density at radius 3 is 1.94 bits per heavy atom. The molecule has 166 valence electrons. The van der Waals surface area contributed by atoms with Crippen LogP contribution in [0.5, 0.6) is 0 Å². The molecule has 0 saturated carbocycles. The third-order valence-corrected chi connectivity index (χ3v) is 6.27. The fourth-order valence-corrected chi connectivity index (χ4v) is 4.04. The molecule has 1 N–H and O–H groups in total. The molecule has 0 bridgehead atoms. The van der Waals surface area contributed by atoms with Crippen LogP contribution in [-0.2, 0) is 16.1 Å². The minimum absolute atomic E-state index is 0.120. The van der Waals surface area contributed by atoms with Crippen molar-refractivity contribution in [2.24, 2.45) is 0 Å². The molecule has 1 atom stereocenters. The predicted molar refractivity (Wildman–Crippen MR) is 130 cm³/mol. The van der Waals surface area contributed by atoms with Gasteiger partial charge in [-0.3, -0.25) is 9.59 Å². The zero-order chi connectivity index (χ0) is 23.1. The quantitative estimate of drug-likeness (QED) is 0.462. The van der Waals surface area contributed by atoms with E-state index in [9.17, 15) is 9.59 Å². The van der Waals surface area contributed by atoms with Crippen molar-refractivity contribution in [2.45, 2.75) is 31.8 Å². The SMILES string of the molecule is CNC(=O)[C@H](C)N(Cc1ccc(Cl)c(Cl)c1)C(=O)CC(c1ccccc1)c1ccccc1. The minimum Gasteiger partial charge on any atom is -0.357 e. The molecule has 0 aliphatic rings. The maximum atomic E-state index is 13.6. The lowest BCUT2D eigenvalue weighted by atomic mass is 9.88. The molecule has 3 aromatic carbocycles. The molecule has 0 heterocycles. The molecule has 0 fully saturated rings. The number of rotatable bonds is 8. The Morgan fingerprint density at radius 1 is 0.875 bits per heavy atom. The third-order valence-electron chi connectivity index (χ3n) is 5.53. The number of hydrogen-bond donors (Lipinski definition) is 1. The largest absolute Gasteiger partial charge is 0.357 e. The van der Waals surface area contributed by atoms with Crippen molar-refractivity contribution in [1.82, 2.24) is 10.2 Å². The molecule has 6 heteroatoms. The first-order valence-corrected chi connectivity index (χ1v) is 11.2. The summed E-state index contributed by atoms with van der Waals surface area (Å²) in [7, 11) is 1.57. The highest BCUT2D eigenvalue weighted by Crippen LogP contribution is 2.30. The second kappa shape index (κ2) is 11.2. The summed E-state index contributed by atoms with van der Waals surface area (Å²) in [4.78, 5) is 27.6. The number of nitrogens with one attached hydrogen (secondary N) is 1. The zero-order valence-corrected chi connectivity index (χ0v) is 19.6. The van der Waals surface area contributed by atoms with Crippen LogP contribution < -0.4 is 5.32 Å². The number of nitrogens with zero attached hydrogens (tertiary/aromatic N) is 1. The Bertz CT molecular complexity index is 1020. The molecular formula is C26H26Cl2N2O2. The van der Waals surface area contributed by atoms with Gasteiger partial charge in [-0.1, -0.05) is 89.9 Å². The second-order valence-corrected chi connectivity index (χ2v) is 8.45. The second-order valence-electron chi connectivity index (χ2n) is 7.64.